The molecule has 1 aromatic carbocycles. The van der Waals surface area contributed by atoms with Crippen LogP contribution in [-0.2, 0) is 7.05 Å². The normalized spacial score (nSPS) is 11.5. The van der Waals surface area contributed by atoms with E-state index in [2.05, 4.69) is 16.7 Å². The summed E-state index contributed by atoms with van der Waals surface area (Å²) in [4.78, 5) is 11.5. The number of hydrogen-bond acceptors (Lipinski definition) is 2. The fraction of sp³-hybridized carbons (Fsp3) is 0.214. The SMILES string of the molecule is Cc1cc(=O)oc2c1ccc1c2cc(C)n1C. The first-order chi connectivity index (χ1) is 8.08. The topological polar surface area (TPSA) is 35.1 Å². The Morgan fingerprint density at radius 1 is 1.12 bits per heavy atom. The molecule has 0 aliphatic heterocycles. The van der Waals surface area contributed by atoms with Gasteiger partial charge in [0.05, 0.1) is 5.52 Å². The van der Waals surface area contributed by atoms with Crippen LogP contribution >= 0.6 is 0 Å². The van der Waals surface area contributed by atoms with Crippen molar-refractivity contribution >= 4 is 21.9 Å². The van der Waals surface area contributed by atoms with E-state index in [1.54, 1.807) is 0 Å². The zero-order valence-electron chi connectivity index (χ0n) is 10.1. The first-order valence-corrected chi connectivity index (χ1v) is 5.57. The Morgan fingerprint density at radius 3 is 2.65 bits per heavy atom. The van der Waals surface area contributed by atoms with Crippen molar-refractivity contribution in [2.24, 2.45) is 7.05 Å². The van der Waals surface area contributed by atoms with Crippen molar-refractivity contribution in [1.29, 1.82) is 0 Å². The van der Waals surface area contributed by atoms with Crippen molar-refractivity contribution in [3.63, 3.8) is 0 Å². The molecule has 0 fully saturated rings. The van der Waals surface area contributed by atoms with E-state index in [0.717, 1.165) is 27.5 Å². The molecule has 3 heteroatoms. The van der Waals surface area contributed by atoms with Gasteiger partial charge in [-0.3, -0.25) is 0 Å². The third-order valence-corrected chi connectivity index (χ3v) is 3.38. The van der Waals surface area contributed by atoms with E-state index in [1.807, 2.05) is 27.0 Å². The van der Waals surface area contributed by atoms with Crippen LogP contribution in [0.25, 0.3) is 21.9 Å². The Hall–Kier alpha value is -2.03. The van der Waals surface area contributed by atoms with Crippen LogP contribution in [0.5, 0.6) is 0 Å². The third-order valence-electron chi connectivity index (χ3n) is 3.38. The van der Waals surface area contributed by atoms with Crippen molar-refractivity contribution in [1.82, 2.24) is 4.57 Å². The number of fused-ring (bicyclic) bond motifs is 3. The average Bonchev–Trinajstić information content (AvgIpc) is 2.56. The molecule has 3 rings (SSSR count). The molecule has 0 unspecified atom stereocenters. The minimum atomic E-state index is -0.288. The molecule has 0 bridgehead atoms. The molecule has 0 N–H and O–H groups in total. The fourth-order valence-electron chi connectivity index (χ4n) is 2.32. The Kier molecular flexibility index (Phi) is 1.93. The highest BCUT2D eigenvalue weighted by Crippen LogP contribution is 2.28. The van der Waals surface area contributed by atoms with E-state index < -0.39 is 0 Å². The van der Waals surface area contributed by atoms with Gasteiger partial charge in [-0.15, -0.1) is 0 Å². The summed E-state index contributed by atoms with van der Waals surface area (Å²) in [6.45, 7) is 3.97. The van der Waals surface area contributed by atoms with Gasteiger partial charge in [0.2, 0.25) is 0 Å². The van der Waals surface area contributed by atoms with E-state index in [-0.39, 0.29) is 5.63 Å². The molecular weight excluding hydrogens is 214 g/mol. The Labute approximate surface area is 98.3 Å². The van der Waals surface area contributed by atoms with Crippen molar-refractivity contribution in [3.8, 4) is 0 Å². The zero-order valence-corrected chi connectivity index (χ0v) is 10.1. The first kappa shape index (κ1) is 10.1. The molecule has 3 nitrogen and oxygen atoms in total. The van der Waals surface area contributed by atoms with Gasteiger partial charge in [-0.1, -0.05) is 0 Å². The number of rotatable bonds is 0. The number of aromatic nitrogens is 1. The second-order valence-electron chi connectivity index (χ2n) is 4.47. The first-order valence-electron chi connectivity index (χ1n) is 5.57. The third kappa shape index (κ3) is 1.32. The van der Waals surface area contributed by atoms with Crippen LogP contribution in [0, 0.1) is 13.8 Å². The fourth-order valence-corrected chi connectivity index (χ4v) is 2.32. The van der Waals surface area contributed by atoms with Gasteiger partial charge in [0, 0.05) is 29.6 Å². The highest BCUT2D eigenvalue weighted by molar-refractivity contribution is 6.04. The van der Waals surface area contributed by atoms with Gasteiger partial charge < -0.3 is 8.98 Å². The molecule has 0 atom stereocenters. The molecule has 3 aromatic rings. The molecule has 0 spiro atoms. The summed E-state index contributed by atoms with van der Waals surface area (Å²) in [5, 5.41) is 2.01. The van der Waals surface area contributed by atoms with Gasteiger partial charge in [0.25, 0.3) is 0 Å². The average molecular weight is 227 g/mol. The Morgan fingerprint density at radius 2 is 1.88 bits per heavy atom. The van der Waals surface area contributed by atoms with Crippen LogP contribution in [0.4, 0.5) is 0 Å². The molecule has 0 radical (unpaired) electrons. The molecule has 0 amide bonds. The predicted octanol–water partition coefficient (Wildman–Crippen LogP) is 2.90. The second kappa shape index (κ2) is 3.23. The summed E-state index contributed by atoms with van der Waals surface area (Å²) >= 11 is 0. The summed E-state index contributed by atoms with van der Waals surface area (Å²) in [6.07, 6.45) is 0. The van der Waals surface area contributed by atoms with E-state index in [0.29, 0.717) is 5.58 Å². The van der Waals surface area contributed by atoms with E-state index in [9.17, 15) is 4.79 Å². The van der Waals surface area contributed by atoms with Crippen LogP contribution in [0.2, 0.25) is 0 Å². The molecule has 0 aliphatic carbocycles. The molecule has 0 aliphatic rings. The molecule has 0 saturated carbocycles. The molecule has 86 valence electrons. The lowest BCUT2D eigenvalue weighted by Crippen LogP contribution is -1.98. The summed E-state index contributed by atoms with van der Waals surface area (Å²) in [6, 6.07) is 7.66. The van der Waals surface area contributed by atoms with Gasteiger partial charge in [-0.2, -0.15) is 0 Å². The predicted molar refractivity (Wildman–Crippen MR) is 68.4 cm³/mol. The largest absolute Gasteiger partial charge is 0.422 e. The number of aryl methyl sites for hydroxylation is 3. The van der Waals surface area contributed by atoms with Gasteiger partial charge >= 0.3 is 5.63 Å². The number of hydrogen-bond donors (Lipinski definition) is 0. The lowest BCUT2D eigenvalue weighted by Gasteiger charge is -2.02. The van der Waals surface area contributed by atoms with E-state index >= 15 is 0 Å². The molecule has 17 heavy (non-hydrogen) atoms. The zero-order chi connectivity index (χ0) is 12.2. The van der Waals surface area contributed by atoms with Crippen molar-refractivity contribution in [3.05, 3.63) is 45.9 Å². The maximum atomic E-state index is 11.5. The monoisotopic (exact) mass is 227 g/mol. The molecular formula is C14H13NO2. The lowest BCUT2D eigenvalue weighted by molar-refractivity contribution is 0.563. The minimum Gasteiger partial charge on any atom is -0.422 e. The van der Waals surface area contributed by atoms with Crippen molar-refractivity contribution in [2.75, 3.05) is 0 Å². The maximum absolute atomic E-state index is 11.5. The quantitative estimate of drug-likeness (QED) is 0.553. The van der Waals surface area contributed by atoms with Gasteiger partial charge in [-0.25, -0.2) is 4.79 Å². The van der Waals surface area contributed by atoms with Crippen LogP contribution in [0.1, 0.15) is 11.3 Å². The highest BCUT2D eigenvalue weighted by atomic mass is 16.4. The van der Waals surface area contributed by atoms with E-state index in [4.69, 9.17) is 4.42 Å². The number of nitrogens with zero attached hydrogens (tertiary/aromatic N) is 1. The summed E-state index contributed by atoms with van der Waals surface area (Å²) in [5.74, 6) is 0. The molecule has 0 saturated heterocycles. The van der Waals surface area contributed by atoms with Crippen molar-refractivity contribution < 1.29 is 4.42 Å². The van der Waals surface area contributed by atoms with Gasteiger partial charge in [-0.05, 0) is 37.6 Å². The standard InChI is InChI=1S/C14H13NO2/c1-8-6-13(16)17-14-10(8)4-5-12-11(14)7-9(2)15(12)3/h4-7H,1-3H3. The summed E-state index contributed by atoms with van der Waals surface area (Å²) < 4.78 is 7.45. The van der Waals surface area contributed by atoms with Crippen LogP contribution < -0.4 is 5.63 Å². The summed E-state index contributed by atoms with van der Waals surface area (Å²) in [5.41, 5.74) is 3.60. The second-order valence-corrected chi connectivity index (χ2v) is 4.47. The van der Waals surface area contributed by atoms with Crippen LogP contribution in [-0.4, -0.2) is 4.57 Å². The minimum absolute atomic E-state index is 0.288. The number of benzene rings is 1. The summed E-state index contributed by atoms with van der Waals surface area (Å²) in [7, 11) is 2.01. The van der Waals surface area contributed by atoms with E-state index in [1.165, 1.54) is 6.07 Å². The smallest absolute Gasteiger partial charge is 0.336 e. The Balaban J connectivity index is 2.64. The Bertz CT molecular complexity index is 793. The van der Waals surface area contributed by atoms with Crippen LogP contribution in [0.3, 0.4) is 0 Å². The van der Waals surface area contributed by atoms with Crippen LogP contribution in [0.15, 0.2) is 33.5 Å². The highest BCUT2D eigenvalue weighted by Gasteiger charge is 2.10. The van der Waals surface area contributed by atoms with Crippen molar-refractivity contribution in [2.45, 2.75) is 13.8 Å². The molecule has 2 aromatic heterocycles. The van der Waals surface area contributed by atoms with Gasteiger partial charge in [0.1, 0.15) is 5.58 Å². The lowest BCUT2D eigenvalue weighted by atomic mass is 10.1. The van der Waals surface area contributed by atoms with Gasteiger partial charge in [0.15, 0.2) is 0 Å². The maximum Gasteiger partial charge on any atom is 0.336 e. The molecule has 2 heterocycles.